The van der Waals surface area contributed by atoms with Crippen LogP contribution in [0.25, 0.3) is 5.69 Å². The molecule has 6 nitrogen and oxygen atoms in total. The highest BCUT2D eigenvalue weighted by atomic mass is 19.1. The zero-order valence-corrected chi connectivity index (χ0v) is 13.7. The minimum atomic E-state index is -0.839. The van der Waals surface area contributed by atoms with Gasteiger partial charge in [-0.2, -0.15) is 5.10 Å². The summed E-state index contributed by atoms with van der Waals surface area (Å²) in [5.41, 5.74) is 2.41. The van der Waals surface area contributed by atoms with Gasteiger partial charge in [-0.3, -0.25) is 9.59 Å². The first-order valence-corrected chi connectivity index (χ1v) is 7.72. The molecule has 0 aliphatic rings. The number of halogens is 1. The molecular formula is C17H20FN3O3. The summed E-state index contributed by atoms with van der Waals surface area (Å²) in [5.74, 6) is -1.41. The number of nitrogens with zero attached hydrogens (tertiary/aromatic N) is 2. The Bertz CT molecular complexity index is 738. The maximum Gasteiger partial charge on any atom is 0.303 e. The van der Waals surface area contributed by atoms with Crippen LogP contribution in [0.4, 0.5) is 4.39 Å². The molecule has 2 N–H and O–H groups in total. The van der Waals surface area contributed by atoms with Gasteiger partial charge in [0.25, 0.3) is 5.91 Å². The van der Waals surface area contributed by atoms with Gasteiger partial charge in [-0.15, -0.1) is 0 Å². The van der Waals surface area contributed by atoms with E-state index >= 15 is 0 Å². The molecule has 0 unspecified atom stereocenters. The molecule has 24 heavy (non-hydrogen) atoms. The van der Waals surface area contributed by atoms with E-state index in [4.69, 9.17) is 5.11 Å². The topological polar surface area (TPSA) is 84.2 Å². The number of carboxylic acids is 1. The molecule has 1 aromatic heterocycles. The Kier molecular flexibility index (Phi) is 5.68. The van der Waals surface area contributed by atoms with E-state index in [-0.39, 0.29) is 18.1 Å². The molecule has 0 atom stereocenters. The van der Waals surface area contributed by atoms with E-state index in [0.29, 0.717) is 42.0 Å². The summed E-state index contributed by atoms with van der Waals surface area (Å²) >= 11 is 0. The molecule has 0 aliphatic carbocycles. The molecule has 1 heterocycles. The molecular weight excluding hydrogens is 313 g/mol. The SMILES string of the molecule is Cc1nn(-c2ccc(F)cc2)c(C)c1C(=O)NCCCCC(=O)O. The van der Waals surface area contributed by atoms with E-state index in [1.165, 1.54) is 12.1 Å². The van der Waals surface area contributed by atoms with Crippen molar-refractivity contribution < 1.29 is 19.1 Å². The van der Waals surface area contributed by atoms with Gasteiger partial charge in [0.15, 0.2) is 0 Å². The van der Waals surface area contributed by atoms with Gasteiger partial charge in [-0.1, -0.05) is 0 Å². The Morgan fingerprint density at radius 1 is 1.21 bits per heavy atom. The number of aromatic nitrogens is 2. The van der Waals surface area contributed by atoms with Crippen LogP contribution in [0, 0.1) is 19.7 Å². The lowest BCUT2D eigenvalue weighted by atomic mass is 10.1. The molecule has 1 aromatic carbocycles. The van der Waals surface area contributed by atoms with Crippen LogP contribution in [-0.2, 0) is 4.79 Å². The molecule has 0 fully saturated rings. The number of aryl methyl sites for hydroxylation is 1. The lowest BCUT2D eigenvalue weighted by Crippen LogP contribution is -2.25. The van der Waals surface area contributed by atoms with Crippen molar-refractivity contribution in [3.8, 4) is 5.69 Å². The number of rotatable bonds is 7. The van der Waals surface area contributed by atoms with Crippen LogP contribution in [0.1, 0.15) is 41.0 Å². The Labute approximate surface area is 139 Å². The molecule has 0 saturated carbocycles. The number of hydrogen-bond donors (Lipinski definition) is 2. The summed E-state index contributed by atoms with van der Waals surface area (Å²) in [6.45, 7) is 3.93. The van der Waals surface area contributed by atoms with Gasteiger partial charge in [0.2, 0.25) is 0 Å². The second-order valence-corrected chi connectivity index (χ2v) is 5.54. The van der Waals surface area contributed by atoms with Crippen LogP contribution in [-0.4, -0.2) is 33.3 Å². The second kappa shape index (κ2) is 7.72. The van der Waals surface area contributed by atoms with Crippen LogP contribution in [0.2, 0.25) is 0 Å². The minimum Gasteiger partial charge on any atom is -0.481 e. The number of nitrogens with one attached hydrogen (secondary N) is 1. The average molecular weight is 333 g/mol. The van der Waals surface area contributed by atoms with Crippen LogP contribution in [0.15, 0.2) is 24.3 Å². The normalized spacial score (nSPS) is 10.6. The minimum absolute atomic E-state index is 0.0937. The van der Waals surface area contributed by atoms with E-state index < -0.39 is 5.97 Å². The van der Waals surface area contributed by atoms with E-state index in [0.717, 1.165) is 0 Å². The third-order valence-electron chi connectivity index (χ3n) is 3.69. The number of hydrogen-bond acceptors (Lipinski definition) is 3. The summed E-state index contributed by atoms with van der Waals surface area (Å²) in [7, 11) is 0. The molecule has 7 heteroatoms. The van der Waals surface area contributed by atoms with Crippen molar-refractivity contribution >= 4 is 11.9 Å². The summed E-state index contributed by atoms with van der Waals surface area (Å²) in [6.07, 6.45) is 1.21. The predicted octanol–water partition coefficient (Wildman–Crippen LogP) is 2.61. The average Bonchev–Trinajstić information content (AvgIpc) is 2.82. The van der Waals surface area contributed by atoms with Crippen molar-refractivity contribution in [2.45, 2.75) is 33.1 Å². The van der Waals surface area contributed by atoms with Gasteiger partial charge in [-0.05, 0) is 51.0 Å². The zero-order valence-electron chi connectivity index (χ0n) is 13.7. The number of carbonyl (C=O) groups is 2. The highest BCUT2D eigenvalue weighted by Gasteiger charge is 2.19. The molecule has 0 saturated heterocycles. The van der Waals surface area contributed by atoms with Gasteiger partial charge in [0, 0.05) is 13.0 Å². The maximum atomic E-state index is 13.0. The largest absolute Gasteiger partial charge is 0.481 e. The smallest absolute Gasteiger partial charge is 0.303 e. The van der Waals surface area contributed by atoms with Crippen LogP contribution >= 0.6 is 0 Å². The quantitative estimate of drug-likeness (QED) is 0.763. The Balaban J connectivity index is 2.06. The number of carboxylic acid groups (broad SMARTS) is 1. The lowest BCUT2D eigenvalue weighted by Gasteiger charge is -2.06. The summed E-state index contributed by atoms with van der Waals surface area (Å²) in [6, 6.07) is 5.88. The molecule has 2 rings (SSSR count). The Hall–Kier alpha value is -2.70. The number of unbranched alkanes of at least 4 members (excludes halogenated alkanes) is 1. The number of amides is 1. The van der Waals surface area contributed by atoms with Crippen LogP contribution < -0.4 is 5.32 Å². The molecule has 0 aliphatic heterocycles. The fourth-order valence-corrected chi connectivity index (χ4v) is 2.50. The molecule has 1 amide bonds. The first-order valence-electron chi connectivity index (χ1n) is 7.72. The number of carbonyl (C=O) groups excluding carboxylic acids is 1. The highest BCUT2D eigenvalue weighted by molar-refractivity contribution is 5.96. The third kappa shape index (κ3) is 4.18. The van der Waals surface area contributed by atoms with Crippen molar-refractivity contribution in [2.24, 2.45) is 0 Å². The van der Waals surface area contributed by atoms with E-state index in [1.807, 2.05) is 0 Å². The van der Waals surface area contributed by atoms with Crippen molar-refractivity contribution in [3.63, 3.8) is 0 Å². The van der Waals surface area contributed by atoms with Crippen LogP contribution in [0.5, 0.6) is 0 Å². The first kappa shape index (κ1) is 17.7. The predicted molar refractivity (Wildman–Crippen MR) is 86.8 cm³/mol. The van der Waals surface area contributed by atoms with Crippen molar-refractivity contribution in [2.75, 3.05) is 6.54 Å². The van der Waals surface area contributed by atoms with Crippen molar-refractivity contribution in [1.82, 2.24) is 15.1 Å². The fraction of sp³-hybridized carbons (Fsp3) is 0.353. The second-order valence-electron chi connectivity index (χ2n) is 5.54. The van der Waals surface area contributed by atoms with Crippen molar-refractivity contribution in [1.29, 1.82) is 0 Å². The van der Waals surface area contributed by atoms with Crippen LogP contribution in [0.3, 0.4) is 0 Å². The van der Waals surface area contributed by atoms with Gasteiger partial charge in [0.1, 0.15) is 5.82 Å². The van der Waals surface area contributed by atoms with Gasteiger partial charge >= 0.3 is 5.97 Å². The maximum absolute atomic E-state index is 13.0. The summed E-state index contributed by atoms with van der Waals surface area (Å²) in [4.78, 5) is 22.8. The molecule has 0 spiro atoms. The standard InChI is InChI=1S/C17H20FN3O3/c1-11-16(17(24)19-10-4-3-5-15(22)23)12(2)21(20-11)14-8-6-13(18)7-9-14/h6-9H,3-5,10H2,1-2H3,(H,19,24)(H,22,23). The highest BCUT2D eigenvalue weighted by Crippen LogP contribution is 2.18. The molecule has 128 valence electrons. The molecule has 2 aromatic rings. The Morgan fingerprint density at radius 3 is 2.50 bits per heavy atom. The van der Waals surface area contributed by atoms with Gasteiger partial charge in [-0.25, -0.2) is 9.07 Å². The Morgan fingerprint density at radius 2 is 1.88 bits per heavy atom. The van der Waals surface area contributed by atoms with Gasteiger partial charge < -0.3 is 10.4 Å². The molecule has 0 radical (unpaired) electrons. The summed E-state index contributed by atoms with van der Waals surface area (Å²) < 4.78 is 14.6. The fourth-order valence-electron chi connectivity index (χ4n) is 2.50. The third-order valence-corrected chi connectivity index (χ3v) is 3.69. The first-order chi connectivity index (χ1) is 11.4. The van der Waals surface area contributed by atoms with Gasteiger partial charge in [0.05, 0.1) is 22.6 Å². The van der Waals surface area contributed by atoms with E-state index in [9.17, 15) is 14.0 Å². The van der Waals surface area contributed by atoms with E-state index in [1.54, 1.807) is 30.7 Å². The lowest BCUT2D eigenvalue weighted by molar-refractivity contribution is -0.137. The number of benzene rings is 1. The zero-order chi connectivity index (χ0) is 17.7. The molecule has 0 bridgehead atoms. The monoisotopic (exact) mass is 333 g/mol. The summed E-state index contributed by atoms with van der Waals surface area (Å²) in [5, 5.41) is 15.7. The van der Waals surface area contributed by atoms with Crippen molar-refractivity contribution in [3.05, 3.63) is 47.0 Å². The van der Waals surface area contributed by atoms with E-state index in [2.05, 4.69) is 10.4 Å². The number of aliphatic carboxylic acids is 1.